The highest BCUT2D eigenvalue weighted by Gasteiger charge is 2.26. The van der Waals surface area contributed by atoms with Gasteiger partial charge in [0, 0.05) is 17.6 Å². The Bertz CT molecular complexity index is 473. The molecule has 1 N–H and O–H groups in total. The Kier molecular flexibility index (Phi) is 5.26. The van der Waals surface area contributed by atoms with Crippen LogP contribution in [0.3, 0.4) is 0 Å². The largest absolute Gasteiger partial charge is 0.496 e. The van der Waals surface area contributed by atoms with Crippen molar-refractivity contribution in [1.82, 2.24) is 10.2 Å². The van der Waals surface area contributed by atoms with Crippen molar-refractivity contribution in [2.24, 2.45) is 0 Å². The van der Waals surface area contributed by atoms with E-state index >= 15 is 0 Å². The number of halogens is 1. The smallest absolute Gasteiger partial charge is 0.257 e. The van der Waals surface area contributed by atoms with Crippen LogP contribution in [0.4, 0.5) is 0 Å². The Morgan fingerprint density at radius 3 is 2.75 bits per heavy atom. The van der Waals surface area contributed by atoms with Gasteiger partial charge in [0.05, 0.1) is 12.7 Å². The third-order valence-corrected chi connectivity index (χ3v) is 3.98. The first-order chi connectivity index (χ1) is 9.67. The molecule has 1 aliphatic heterocycles. The maximum absolute atomic E-state index is 12.8. The highest BCUT2D eigenvalue weighted by molar-refractivity contribution is 6.31. The van der Waals surface area contributed by atoms with Gasteiger partial charge in [-0.1, -0.05) is 11.6 Å². The molecule has 1 aromatic rings. The van der Waals surface area contributed by atoms with E-state index in [1.165, 1.54) is 0 Å². The van der Waals surface area contributed by atoms with Gasteiger partial charge in [-0.25, -0.2) is 0 Å². The average molecular weight is 297 g/mol. The summed E-state index contributed by atoms with van der Waals surface area (Å²) >= 11 is 6.02. The quantitative estimate of drug-likeness (QED) is 0.928. The van der Waals surface area contributed by atoms with E-state index in [4.69, 9.17) is 16.3 Å². The van der Waals surface area contributed by atoms with Crippen LogP contribution in [-0.2, 0) is 0 Å². The predicted molar refractivity (Wildman–Crippen MR) is 80.6 cm³/mol. The number of amides is 1. The van der Waals surface area contributed by atoms with Crippen molar-refractivity contribution in [1.29, 1.82) is 0 Å². The molecular weight excluding hydrogens is 276 g/mol. The van der Waals surface area contributed by atoms with Gasteiger partial charge in [0.1, 0.15) is 5.75 Å². The van der Waals surface area contributed by atoms with Gasteiger partial charge in [-0.05, 0) is 51.1 Å². The number of rotatable bonds is 4. The normalized spacial score (nSPS) is 15.9. The van der Waals surface area contributed by atoms with Gasteiger partial charge in [0.2, 0.25) is 0 Å². The van der Waals surface area contributed by atoms with Crippen molar-refractivity contribution in [2.75, 3.05) is 26.7 Å². The number of methoxy groups -OCH3 is 1. The second-order valence-corrected chi connectivity index (χ2v) is 5.35. The number of carbonyl (C=O) groups excluding carboxylic acids is 1. The van der Waals surface area contributed by atoms with E-state index < -0.39 is 0 Å². The molecule has 0 aliphatic carbocycles. The number of piperidine rings is 1. The van der Waals surface area contributed by atoms with Crippen LogP contribution in [0.15, 0.2) is 18.2 Å². The van der Waals surface area contributed by atoms with Gasteiger partial charge in [-0.3, -0.25) is 4.79 Å². The second-order valence-electron chi connectivity index (χ2n) is 4.92. The molecule has 0 unspecified atom stereocenters. The third kappa shape index (κ3) is 3.25. The lowest BCUT2D eigenvalue weighted by molar-refractivity contribution is 0.0653. The minimum Gasteiger partial charge on any atom is -0.496 e. The molecule has 0 saturated carbocycles. The van der Waals surface area contributed by atoms with E-state index in [0.29, 0.717) is 22.9 Å². The van der Waals surface area contributed by atoms with Crippen LogP contribution >= 0.6 is 11.6 Å². The fourth-order valence-corrected chi connectivity index (χ4v) is 2.86. The van der Waals surface area contributed by atoms with Gasteiger partial charge < -0.3 is 15.0 Å². The van der Waals surface area contributed by atoms with Crippen LogP contribution in [0.5, 0.6) is 5.75 Å². The van der Waals surface area contributed by atoms with Crippen LogP contribution in [0.25, 0.3) is 0 Å². The zero-order valence-corrected chi connectivity index (χ0v) is 12.7. The standard InChI is InChI=1S/C15H21ClN2O2/c1-3-18(12-6-8-17-9-7-12)15(19)13-10-11(16)4-5-14(13)20-2/h4-5,10,12,17H,3,6-9H2,1-2H3. The Labute approximate surface area is 125 Å². The molecule has 0 atom stereocenters. The fourth-order valence-electron chi connectivity index (χ4n) is 2.69. The Morgan fingerprint density at radius 1 is 1.45 bits per heavy atom. The van der Waals surface area contributed by atoms with E-state index in [9.17, 15) is 4.79 Å². The molecule has 0 aromatic heterocycles. The Balaban J connectivity index is 2.25. The highest BCUT2D eigenvalue weighted by Crippen LogP contribution is 2.25. The van der Waals surface area contributed by atoms with Crippen molar-refractivity contribution in [2.45, 2.75) is 25.8 Å². The van der Waals surface area contributed by atoms with Crippen molar-refractivity contribution >= 4 is 17.5 Å². The molecule has 0 radical (unpaired) electrons. The Morgan fingerprint density at radius 2 is 2.15 bits per heavy atom. The van der Waals surface area contributed by atoms with E-state index in [1.54, 1.807) is 25.3 Å². The summed E-state index contributed by atoms with van der Waals surface area (Å²) < 4.78 is 5.28. The van der Waals surface area contributed by atoms with Crippen molar-refractivity contribution in [3.05, 3.63) is 28.8 Å². The van der Waals surface area contributed by atoms with E-state index in [0.717, 1.165) is 25.9 Å². The predicted octanol–water partition coefficient (Wildman–Crippen LogP) is 2.56. The number of nitrogens with zero attached hydrogens (tertiary/aromatic N) is 1. The third-order valence-electron chi connectivity index (χ3n) is 3.74. The van der Waals surface area contributed by atoms with Crippen molar-refractivity contribution < 1.29 is 9.53 Å². The maximum Gasteiger partial charge on any atom is 0.257 e. The van der Waals surface area contributed by atoms with E-state index in [-0.39, 0.29) is 11.9 Å². The molecule has 1 fully saturated rings. The van der Waals surface area contributed by atoms with Crippen LogP contribution in [0.1, 0.15) is 30.1 Å². The number of ether oxygens (including phenoxy) is 1. The summed E-state index contributed by atoms with van der Waals surface area (Å²) in [6.45, 7) is 4.62. The van der Waals surface area contributed by atoms with Crippen LogP contribution in [-0.4, -0.2) is 43.6 Å². The molecule has 110 valence electrons. The molecule has 0 bridgehead atoms. The van der Waals surface area contributed by atoms with Gasteiger partial charge >= 0.3 is 0 Å². The summed E-state index contributed by atoms with van der Waals surface area (Å²) in [6.07, 6.45) is 1.98. The molecule has 20 heavy (non-hydrogen) atoms. The summed E-state index contributed by atoms with van der Waals surface area (Å²) in [5.74, 6) is 0.575. The van der Waals surface area contributed by atoms with E-state index in [1.807, 2.05) is 11.8 Å². The molecule has 5 heteroatoms. The molecule has 1 heterocycles. The van der Waals surface area contributed by atoms with Crippen molar-refractivity contribution in [3.63, 3.8) is 0 Å². The number of hydrogen-bond acceptors (Lipinski definition) is 3. The molecule has 4 nitrogen and oxygen atoms in total. The minimum atomic E-state index is -0.00116. The highest BCUT2D eigenvalue weighted by atomic mass is 35.5. The molecule has 0 spiro atoms. The summed E-state index contributed by atoms with van der Waals surface area (Å²) in [6, 6.07) is 5.45. The number of hydrogen-bond donors (Lipinski definition) is 1. The first kappa shape index (κ1) is 15.1. The summed E-state index contributed by atoms with van der Waals surface area (Å²) in [5, 5.41) is 3.87. The lowest BCUT2D eigenvalue weighted by Crippen LogP contribution is -2.46. The van der Waals surface area contributed by atoms with Gasteiger partial charge in [-0.2, -0.15) is 0 Å². The number of nitrogens with one attached hydrogen (secondary N) is 1. The van der Waals surface area contributed by atoms with Crippen molar-refractivity contribution in [3.8, 4) is 5.75 Å². The van der Waals surface area contributed by atoms with Gasteiger partial charge in [0.15, 0.2) is 0 Å². The van der Waals surface area contributed by atoms with E-state index in [2.05, 4.69) is 5.32 Å². The lowest BCUT2D eigenvalue weighted by Gasteiger charge is -2.34. The molecule has 1 saturated heterocycles. The summed E-state index contributed by atoms with van der Waals surface area (Å²) in [4.78, 5) is 14.7. The molecule has 2 rings (SSSR count). The number of carbonyl (C=O) groups is 1. The molecule has 1 aliphatic rings. The van der Waals surface area contributed by atoms with Crippen LogP contribution < -0.4 is 10.1 Å². The topological polar surface area (TPSA) is 41.6 Å². The SMILES string of the molecule is CCN(C(=O)c1cc(Cl)ccc1OC)C1CCNCC1. The molecular formula is C15H21ClN2O2. The van der Waals surface area contributed by atoms with Gasteiger partial charge in [-0.15, -0.1) is 0 Å². The molecule has 1 aromatic carbocycles. The first-order valence-electron chi connectivity index (χ1n) is 7.02. The summed E-state index contributed by atoms with van der Waals surface area (Å²) in [5.41, 5.74) is 0.542. The number of benzene rings is 1. The first-order valence-corrected chi connectivity index (χ1v) is 7.40. The minimum absolute atomic E-state index is 0.00116. The monoisotopic (exact) mass is 296 g/mol. The fraction of sp³-hybridized carbons (Fsp3) is 0.533. The lowest BCUT2D eigenvalue weighted by atomic mass is 10.0. The Hall–Kier alpha value is -1.26. The zero-order valence-electron chi connectivity index (χ0n) is 12.0. The summed E-state index contributed by atoms with van der Waals surface area (Å²) in [7, 11) is 1.57. The maximum atomic E-state index is 12.8. The van der Waals surface area contributed by atoms with Gasteiger partial charge in [0.25, 0.3) is 5.91 Å². The second kappa shape index (κ2) is 6.95. The van der Waals surface area contributed by atoms with Crippen LogP contribution in [0.2, 0.25) is 5.02 Å². The molecule has 1 amide bonds. The zero-order chi connectivity index (χ0) is 14.5. The average Bonchev–Trinajstić information content (AvgIpc) is 2.49. The van der Waals surface area contributed by atoms with Crippen LogP contribution in [0, 0.1) is 0 Å².